The number of fused-ring (bicyclic) bond motifs is 1. The van der Waals surface area contributed by atoms with E-state index < -0.39 is 49.4 Å². The molecule has 2 atom stereocenters. The van der Waals surface area contributed by atoms with E-state index in [0.717, 1.165) is 22.7 Å². The molecule has 1 fully saturated rings. The molecule has 0 saturated carbocycles. The van der Waals surface area contributed by atoms with Crippen molar-refractivity contribution in [3.8, 4) is 0 Å². The zero-order chi connectivity index (χ0) is 29.2. The molecule has 4 rings (SSSR count). The van der Waals surface area contributed by atoms with E-state index in [0.29, 0.717) is 0 Å². The Labute approximate surface area is 238 Å². The average Bonchev–Trinajstić information content (AvgIpc) is 3.31. The lowest BCUT2D eigenvalue weighted by molar-refractivity contribution is -0.165. The Morgan fingerprint density at radius 2 is 1.49 bits per heavy atom. The van der Waals surface area contributed by atoms with E-state index in [1.165, 1.54) is 0 Å². The second-order valence-corrected chi connectivity index (χ2v) is 43.8. The highest BCUT2D eigenvalue weighted by Crippen LogP contribution is 2.63. The van der Waals surface area contributed by atoms with Crippen molar-refractivity contribution in [2.24, 2.45) is 5.41 Å². The lowest BCUT2D eigenvalue weighted by Gasteiger charge is -2.49. The van der Waals surface area contributed by atoms with Crippen molar-refractivity contribution in [3.63, 3.8) is 0 Å². The van der Waals surface area contributed by atoms with Crippen LogP contribution in [0.4, 0.5) is 0 Å². The van der Waals surface area contributed by atoms with E-state index in [9.17, 15) is 13.2 Å². The smallest absolute Gasteiger partial charge is 0.318 e. The van der Waals surface area contributed by atoms with Gasteiger partial charge in [-0.3, -0.25) is 4.79 Å². The quantitative estimate of drug-likeness (QED) is 0.270. The molecule has 2 aromatic rings. The summed E-state index contributed by atoms with van der Waals surface area (Å²) in [6, 6.07) is 16.9. The topological polar surface area (TPSA) is 63.7 Å². The fourth-order valence-electron chi connectivity index (χ4n) is 6.92. The van der Waals surface area contributed by atoms with Gasteiger partial charge in [-0.25, -0.2) is 8.42 Å². The molecule has 0 aliphatic carbocycles. The van der Waals surface area contributed by atoms with E-state index in [2.05, 4.69) is 45.0 Å². The van der Waals surface area contributed by atoms with Gasteiger partial charge in [0.1, 0.15) is 11.0 Å². The summed E-state index contributed by atoms with van der Waals surface area (Å²) in [6.07, 6.45) is 0. The number of carbonyl (C=O) groups is 1. The van der Waals surface area contributed by atoms with Crippen molar-refractivity contribution >= 4 is 38.3 Å². The third kappa shape index (κ3) is 4.98. The fraction of sp³-hybridized carbons (Fsp3) is 0.500. The molecule has 0 radical (unpaired) electrons. The minimum Gasteiger partial charge on any atom is -0.459 e. The van der Waals surface area contributed by atoms with Gasteiger partial charge in [-0.15, -0.1) is 0 Å². The summed E-state index contributed by atoms with van der Waals surface area (Å²) in [5, 5.41) is 0. The van der Waals surface area contributed by atoms with Crippen LogP contribution < -0.4 is 0 Å². The first kappa shape index (κ1) is 30.2. The zero-order valence-corrected chi connectivity index (χ0v) is 29.1. The van der Waals surface area contributed by atoms with Crippen LogP contribution in [0.1, 0.15) is 37.9 Å². The number of hydrogen-bond donors (Lipinski definition) is 0. The number of sulfonamides is 1. The maximum atomic E-state index is 14.6. The molecule has 0 bridgehead atoms. The SMILES string of the molecule is Cc1ccc(S(=O)(=O)N2CC3=C[Si]([Si](C)(C)C)([Si](C)(C)C)C[C@@]3(C(=O)OC(C)(C)C)[C@@H]2c2ccccc2)cc1. The maximum Gasteiger partial charge on any atom is 0.318 e. The molecule has 2 aliphatic heterocycles. The van der Waals surface area contributed by atoms with Gasteiger partial charge in [0.25, 0.3) is 0 Å². The Hall–Kier alpha value is -1.79. The molecule has 2 aromatic carbocycles. The van der Waals surface area contributed by atoms with E-state index in [1.807, 2.05) is 70.2 Å². The number of hydrogen-bond acceptors (Lipinski definition) is 4. The minimum absolute atomic E-state index is 0.221. The van der Waals surface area contributed by atoms with Crippen LogP contribution in [-0.4, -0.2) is 53.1 Å². The second kappa shape index (κ2) is 9.65. The number of ether oxygens (including phenoxy) is 1. The van der Waals surface area contributed by atoms with Crippen LogP contribution in [-0.2, 0) is 19.6 Å². The molecule has 39 heavy (non-hydrogen) atoms. The van der Waals surface area contributed by atoms with E-state index in [-0.39, 0.29) is 17.4 Å². The third-order valence-electron chi connectivity index (χ3n) is 8.81. The van der Waals surface area contributed by atoms with Crippen molar-refractivity contribution < 1.29 is 17.9 Å². The Morgan fingerprint density at radius 3 is 1.97 bits per heavy atom. The summed E-state index contributed by atoms with van der Waals surface area (Å²) < 4.78 is 36.5. The normalized spacial score (nSPS) is 23.8. The Kier molecular flexibility index (Phi) is 7.47. The van der Waals surface area contributed by atoms with Gasteiger partial charge in [0, 0.05) is 21.7 Å². The van der Waals surface area contributed by atoms with Gasteiger partial charge in [0.2, 0.25) is 10.0 Å². The predicted octanol–water partition coefficient (Wildman–Crippen LogP) is 6.83. The second-order valence-electron chi connectivity index (χ2n) is 14.5. The molecule has 1 saturated heterocycles. The largest absolute Gasteiger partial charge is 0.459 e. The first-order valence-corrected chi connectivity index (χ1v) is 26.6. The summed E-state index contributed by atoms with van der Waals surface area (Å²) in [5.41, 5.74) is 3.61. The molecule has 212 valence electrons. The average molecular weight is 600 g/mol. The Balaban J connectivity index is 2.04. The van der Waals surface area contributed by atoms with Gasteiger partial charge >= 0.3 is 5.97 Å². The van der Waals surface area contributed by atoms with Crippen molar-refractivity contribution in [3.05, 3.63) is 77.0 Å². The third-order valence-corrected chi connectivity index (χ3v) is 49.4. The van der Waals surface area contributed by atoms with Gasteiger partial charge in [-0.1, -0.05) is 93.0 Å². The molecule has 9 heteroatoms. The van der Waals surface area contributed by atoms with Crippen LogP contribution in [0.15, 0.2) is 70.8 Å². The Bertz CT molecular complexity index is 1370. The minimum atomic E-state index is -3.90. The number of esters is 1. The van der Waals surface area contributed by atoms with Crippen molar-refractivity contribution in [1.82, 2.24) is 4.31 Å². The van der Waals surface area contributed by atoms with E-state index >= 15 is 0 Å². The highest BCUT2D eigenvalue weighted by atomic mass is 32.2. The van der Waals surface area contributed by atoms with E-state index in [1.54, 1.807) is 16.4 Å². The summed E-state index contributed by atoms with van der Waals surface area (Å²) in [5.74, 6) is -0.275. The first-order chi connectivity index (χ1) is 17.8. The molecule has 5 nitrogen and oxygen atoms in total. The van der Waals surface area contributed by atoms with Gasteiger partial charge in [0.05, 0.1) is 18.0 Å². The van der Waals surface area contributed by atoms with Crippen molar-refractivity contribution in [2.75, 3.05) is 6.54 Å². The summed E-state index contributed by atoms with van der Waals surface area (Å²) >= 11 is 0. The highest BCUT2D eigenvalue weighted by Gasteiger charge is 2.71. The highest BCUT2D eigenvalue weighted by molar-refractivity contribution is 7.89. The van der Waals surface area contributed by atoms with Gasteiger partial charge in [-0.2, -0.15) is 4.31 Å². The van der Waals surface area contributed by atoms with Gasteiger partial charge in [-0.05, 0) is 57.0 Å². The van der Waals surface area contributed by atoms with Crippen molar-refractivity contribution in [2.45, 2.75) is 89.6 Å². The molecule has 0 unspecified atom stereocenters. The number of nitrogens with zero attached hydrogens (tertiary/aromatic N) is 1. The standard InChI is InChI=1S/C30H45NO4SSi3/c1-23-16-18-26(19-17-23)36(33,34)31-20-25-21-39(37(5,6)7,38(8,9)10)22-30(25,28(32)35-29(2,3)4)27(31)24-14-12-11-13-15-24/h11-19,21,27H,20,22H2,1-10H3/t27-,30-/m0/s1. The molecule has 2 aliphatic rings. The lowest BCUT2D eigenvalue weighted by atomic mass is 9.76. The zero-order valence-electron chi connectivity index (χ0n) is 25.3. The molecular formula is C30H45NO4SSi3. The first-order valence-electron chi connectivity index (χ1n) is 13.9. The van der Waals surface area contributed by atoms with Gasteiger partial charge in [0.15, 0.2) is 0 Å². The Morgan fingerprint density at radius 1 is 0.949 bits per heavy atom. The summed E-state index contributed by atoms with van der Waals surface area (Å²) in [4.78, 5) is 14.9. The molecule has 0 amide bonds. The predicted molar refractivity (Wildman–Crippen MR) is 168 cm³/mol. The molecule has 0 N–H and O–H groups in total. The number of carbonyl (C=O) groups excluding carboxylic acids is 1. The lowest BCUT2D eigenvalue weighted by Crippen LogP contribution is -2.71. The number of rotatable bonds is 6. The van der Waals surface area contributed by atoms with Gasteiger partial charge < -0.3 is 4.74 Å². The van der Waals surface area contributed by atoms with Crippen LogP contribution in [0.3, 0.4) is 0 Å². The number of benzene rings is 2. The molecular weight excluding hydrogens is 555 g/mol. The molecule has 2 heterocycles. The summed E-state index contributed by atoms with van der Waals surface area (Å²) in [6.45, 7) is 22.6. The fourth-order valence-corrected chi connectivity index (χ4v) is 50.7. The van der Waals surface area contributed by atoms with Crippen LogP contribution in [0.5, 0.6) is 0 Å². The summed E-state index contributed by atoms with van der Waals surface area (Å²) in [7, 11) is -9.49. The van der Waals surface area contributed by atoms with Crippen molar-refractivity contribution in [1.29, 1.82) is 0 Å². The maximum absolute atomic E-state index is 14.6. The molecule has 0 spiro atoms. The monoisotopic (exact) mass is 599 g/mol. The van der Waals surface area contributed by atoms with E-state index in [4.69, 9.17) is 4.74 Å². The van der Waals surface area contributed by atoms with Crippen LogP contribution in [0.25, 0.3) is 0 Å². The van der Waals surface area contributed by atoms with Crippen LogP contribution in [0.2, 0.25) is 45.3 Å². The van der Waals surface area contributed by atoms with Crippen LogP contribution >= 0.6 is 0 Å². The van der Waals surface area contributed by atoms with Crippen LogP contribution in [0, 0.1) is 12.3 Å². The number of aryl methyl sites for hydroxylation is 1. The molecule has 0 aromatic heterocycles.